The highest BCUT2D eigenvalue weighted by molar-refractivity contribution is 5.77. The van der Waals surface area contributed by atoms with Crippen molar-refractivity contribution in [1.29, 1.82) is 0 Å². The molecular weight excluding hydrogens is 494 g/mol. The minimum Gasteiger partial charge on any atom is -0.394 e. The smallest absolute Gasteiger partial charge is 0.217 e. The molecule has 0 unspecified atom stereocenters. The first-order chi connectivity index (χ1) is 16.9. The molecule has 1 amide bonds. The van der Waals surface area contributed by atoms with Crippen LogP contribution >= 0.6 is 0 Å². The number of aliphatic hydroxyl groups is 9. The first-order valence-electron chi connectivity index (χ1n) is 11.2. The van der Waals surface area contributed by atoms with Crippen molar-refractivity contribution < 1.29 is 74.5 Å². The zero-order valence-corrected chi connectivity index (χ0v) is 19.5. The van der Waals surface area contributed by atoms with Crippen LogP contribution in [0, 0.1) is 0 Å². The molecule has 210 valence electrons. The van der Waals surface area contributed by atoms with Gasteiger partial charge >= 0.3 is 0 Å². The van der Waals surface area contributed by atoms with Gasteiger partial charge in [-0.1, -0.05) is 0 Å². The second kappa shape index (κ2) is 13.4. The van der Waals surface area contributed by atoms with Gasteiger partial charge in [-0.05, 0) is 6.92 Å². The van der Waals surface area contributed by atoms with Crippen molar-refractivity contribution in [3.05, 3.63) is 0 Å². The quantitative estimate of drug-likeness (QED) is 0.111. The normalized spacial score (nSPS) is 40.6. The van der Waals surface area contributed by atoms with Crippen molar-refractivity contribution in [2.75, 3.05) is 13.2 Å². The molecule has 2 fully saturated rings. The molecule has 0 bridgehead atoms. The van der Waals surface area contributed by atoms with Gasteiger partial charge in [0.05, 0.1) is 19.3 Å². The Morgan fingerprint density at radius 3 is 1.92 bits per heavy atom. The van der Waals surface area contributed by atoms with Gasteiger partial charge in [0.1, 0.15) is 73.4 Å². The van der Waals surface area contributed by atoms with E-state index in [-0.39, 0.29) is 6.29 Å². The van der Waals surface area contributed by atoms with Crippen LogP contribution in [0.3, 0.4) is 0 Å². The van der Waals surface area contributed by atoms with Crippen LogP contribution in [-0.4, -0.2) is 157 Å². The summed E-state index contributed by atoms with van der Waals surface area (Å²) in [7, 11) is 0. The molecule has 0 radical (unpaired) electrons. The van der Waals surface area contributed by atoms with E-state index in [0.29, 0.717) is 0 Å². The van der Waals surface area contributed by atoms with Crippen LogP contribution in [0.5, 0.6) is 0 Å². The predicted molar refractivity (Wildman–Crippen MR) is 113 cm³/mol. The molecule has 14 atom stereocenters. The lowest BCUT2D eigenvalue weighted by molar-refractivity contribution is -0.345. The lowest BCUT2D eigenvalue weighted by Crippen LogP contribution is -2.64. The molecule has 16 heteroatoms. The van der Waals surface area contributed by atoms with E-state index < -0.39 is 105 Å². The number of carbonyl (C=O) groups is 2. The molecular formula is C20H35NO15. The first kappa shape index (κ1) is 30.8. The highest BCUT2D eigenvalue weighted by Crippen LogP contribution is 2.28. The van der Waals surface area contributed by atoms with E-state index in [1.807, 2.05) is 0 Å². The molecule has 0 aromatic carbocycles. The average molecular weight is 529 g/mol. The fourth-order valence-electron chi connectivity index (χ4n) is 3.90. The van der Waals surface area contributed by atoms with Crippen LogP contribution in [0.15, 0.2) is 0 Å². The highest BCUT2D eigenvalue weighted by Gasteiger charge is 2.50. The number of nitrogens with one attached hydrogen (secondary N) is 1. The largest absolute Gasteiger partial charge is 0.394 e. The van der Waals surface area contributed by atoms with Crippen molar-refractivity contribution in [2.45, 2.75) is 99.6 Å². The van der Waals surface area contributed by atoms with E-state index in [4.69, 9.17) is 18.9 Å². The number of rotatable bonds is 11. The maximum atomic E-state index is 11.9. The number of hydrogen-bond donors (Lipinski definition) is 10. The van der Waals surface area contributed by atoms with Gasteiger partial charge in [0.2, 0.25) is 5.91 Å². The Kier molecular flexibility index (Phi) is 11.5. The van der Waals surface area contributed by atoms with E-state index >= 15 is 0 Å². The van der Waals surface area contributed by atoms with E-state index in [1.165, 1.54) is 6.92 Å². The van der Waals surface area contributed by atoms with E-state index in [9.17, 15) is 55.5 Å². The summed E-state index contributed by atoms with van der Waals surface area (Å²) in [6, 6.07) is -1.64. The maximum absolute atomic E-state index is 11.9. The summed E-state index contributed by atoms with van der Waals surface area (Å²) in [6.45, 7) is 0.584. The van der Waals surface area contributed by atoms with Crippen molar-refractivity contribution in [3.63, 3.8) is 0 Å². The second-order valence-electron chi connectivity index (χ2n) is 8.69. The third-order valence-corrected chi connectivity index (χ3v) is 6.00. The van der Waals surface area contributed by atoms with Crippen LogP contribution < -0.4 is 5.32 Å². The number of amides is 1. The minimum atomic E-state index is -1.95. The summed E-state index contributed by atoms with van der Waals surface area (Å²) in [4.78, 5) is 23.6. The average Bonchev–Trinajstić information content (AvgIpc) is 2.85. The Balaban J connectivity index is 2.42. The molecule has 0 aromatic heterocycles. The van der Waals surface area contributed by atoms with Crippen LogP contribution in [0.25, 0.3) is 0 Å². The summed E-state index contributed by atoms with van der Waals surface area (Å²) in [5.41, 5.74) is 0. The van der Waals surface area contributed by atoms with Crippen molar-refractivity contribution >= 4 is 12.2 Å². The zero-order valence-electron chi connectivity index (χ0n) is 19.5. The summed E-state index contributed by atoms with van der Waals surface area (Å²) in [5.74, 6) is -0.743. The van der Waals surface area contributed by atoms with E-state index in [0.717, 1.165) is 6.92 Å². The molecule has 0 spiro atoms. The number of ether oxygens (including phenoxy) is 4. The van der Waals surface area contributed by atoms with E-state index in [2.05, 4.69) is 5.32 Å². The van der Waals surface area contributed by atoms with Crippen LogP contribution in [0.2, 0.25) is 0 Å². The summed E-state index contributed by atoms with van der Waals surface area (Å²) in [6.07, 6.45) is -22.1. The van der Waals surface area contributed by atoms with Gasteiger partial charge in [0, 0.05) is 6.92 Å². The molecule has 0 saturated carbocycles. The van der Waals surface area contributed by atoms with Crippen LogP contribution in [0.1, 0.15) is 13.8 Å². The molecule has 2 aliphatic rings. The summed E-state index contributed by atoms with van der Waals surface area (Å²) in [5, 5.41) is 92.4. The monoisotopic (exact) mass is 529 g/mol. The Labute approximate surface area is 205 Å². The van der Waals surface area contributed by atoms with Gasteiger partial charge in [-0.3, -0.25) is 4.79 Å². The molecule has 10 N–H and O–H groups in total. The van der Waals surface area contributed by atoms with Gasteiger partial charge in [-0.2, -0.15) is 0 Å². The fourth-order valence-corrected chi connectivity index (χ4v) is 3.90. The standard InChI is InChI=1S/C20H35NO15/c1-6-11(27)13(29)15(31)19(33-6)36-18(9(26)4-23)17(8(3-22)21-7(2)25)35-20-16(32)14(30)12(28)10(5-24)34-20/h3,6,8-20,23-24,26-32H,4-5H2,1-2H3,(H,21,25)/t6-,8-,9+,10+,11+,12-,13+,14-,15-,16+,17+,18+,19-,20-/m0/s1. The molecule has 16 nitrogen and oxygen atoms in total. The van der Waals surface area contributed by atoms with Gasteiger partial charge in [0.25, 0.3) is 0 Å². The zero-order chi connectivity index (χ0) is 27.3. The lowest BCUT2D eigenvalue weighted by atomic mass is 9.97. The SMILES string of the molecule is CC(=O)N[C@@H](C=O)[C@@H](O[C@@H]1O[C@H](CO)[C@H](O)[C@H](O)[C@H]1O)[C@H](O[C@@H]1O[C@@H](C)[C@@H](O)[C@@H](O)[C@@H]1O)[C@H](O)CO. The third-order valence-electron chi connectivity index (χ3n) is 6.00. The molecule has 36 heavy (non-hydrogen) atoms. The van der Waals surface area contributed by atoms with Gasteiger partial charge < -0.3 is 75.0 Å². The molecule has 2 rings (SSSR count). The number of carbonyl (C=O) groups excluding carboxylic acids is 2. The summed E-state index contributed by atoms with van der Waals surface area (Å²) < 4.78 is 21.8. The van der Waals surface area contributed by atoms with Crippen LogP contribution in [0.4, 0.5) is 0 Å². The predicted octanol–water partition coefficient (Wildman–Crippen LogP) is -6.56. The van der Waals surface area contributed by atoms with Crippen LogP contribution in [-0.2, 0) is 28.5 Å². The second-order valence-corrected chi connectivity index (χ2v) is 8.69. The fraction of sp³-hybridized carbons (Fsp3) is 0.900. The van der Waals surface area contributed by atoms with Gasteiger partial charge in [0.15, 0.2) is 12.6 Å². The maximum Gasteiger partial charge on any atom is 0.217 e. The summed E-state index contributed by atoms with van der Waals surface area (Å²) >= 11 is 0. The molecule has 2 aliphatic heterocycles. The number of hydrogen-bond acceptors (Lipinski definition) is 15. The van der Waals surface area contributed by atoms with Crippen molar-refractivity contribution in [3.8, 4) is 0 Å². The molecule has 0 aromatic rings. The minimum absolute atomic E-state index is 0.177. The van der Waals surface area contributed by atoms with Gasteiger partial charge in [-0.15, -0.1) is 0 Å². The number of aliphatic hydroxyl groups excluding tert-OH is 9. The molecule has 0 aliphatic carbocycles. The Morgan fingerprint density at radius 1 is 0.889 bits per heavy atom. The first-order valence-corrected chi connectivity index (χ1v) is 11.2. The molecule has 2 heterocycles. The topological polar surface area (TPSA) is 265 Å². The lowest BCUT2D eigenvalue weighted by Gasteiger charge is -2.45. The Hall–Kier alpha value is -1.38. The Bertz CT molecular complexity index is 713. The molecule has 2 saturated heterocycles. The Morgan fingerprint density at radius 2 is 1.42 bits per heavy atom. The number of aldehydes is 1. The van der Waals surface area contributed by atoms with E-state index in [1.54, 1.807) is 0 Å². The third kappa shape index (κ3) is 6.93. The van der Waals surface area contributed by atoms with Crippen molar-refractivity contribution in [2.24, 2.45) is 0 Å². The highest BCUT2D eigenvalue weighted by atomic mass is 16.7. The van der Waals surface area contributed by atoms with Gasteiger partial charge in [-0.25, -0.2) is 0 Å². The van der Waals surface area contributed by atoms with Crippen molar-refractivity contribution in [1.82, 2.24) is 5.32 Å².